The normalized spacial score (nSPS) is 10.2. The molecule has 0 spiro atoms. The van der Waals surface area contributed by atoms with Gasteiger partial charge in [-0.3, -0.25) is 0 Å². The van der Waals surface area contributed by atoms with Gasteiger partial charge in [0.1, 0.15) is 11.8 Å². The molecule has 0 aromatic carbocycles. The summed E-state index contributed by atoms with van der Waals surface area (Å²) < 4.78 is 5.00. The van der Waals surface area contributed by atoms with Gasteiger partial charge in [-0.1, -0.05) is 11.2 Å². The number of pyridine rings is 1. The average molecular weight is 243 g/mol. The van der Waals surface area contributed by atoms with Gasteiger partial charge in [-0.05, 0) is 13.0 Å². The minimum atomic E-state index is 0.457. The fourth-order valence-corrected chi connectivity index (χ4v) is 1.54. The van der Waals surface area contributed by atoms with Gasteiger partial charge in [0, 0.05) is 31.3 Å². The predicted molar refractivity (Wildman–Crippen MR) is 63.4 cm³/mol. The van der Waals surface area contributed by atoms with Crippen molar-refractivity contribution in [3.63, 3.8) is 0 Å². The number of nitrogens with zero attached hydrogens (tertiary/aromatic N) is 4. The maximum atomic E-state index is 8.88. The minimum absolute atomic E-state index is 0.457. The molecule has 2 aromatic heterocycles. The third-order valence-corrected chi connectivity index (χ3v) is 2.40. The molecular weight excluding hydrogens is 230 g/mol. The van der Waals surface area contributed by atoms with E-state index in [1.807, 2.05) is 12.1 Å². The first-order chi connectivity index (χ1) is 8.79. The molecule has 0 radical (unpaired) electrons. The number of rotatable bonds is 5. The highest BCUT2D eigenvalue weighted by Gasteiger charge is 2.03. The number of hydrogen-bond acceptors (Lipinski definition) is 6. The van der Waals surface area contributed by atoms with Crippen molar-refractivity contribution in [1.29, 1.82) is 5.26 Å². The van der Waals surface area contributed by atoms with E-state index >= 15 is 0 Å². The average Bonchev–Trinajstić information content (AvgIpc) is 2.81. The Morgan fingerprint density at radius 3 is 3.11 bits per heavy atom. The number of aryl methyl sites for hydroxylation is 1. The second kappa shape index (κ2) is 5.89. The van der Waals surface area contributed by atoms with Crippen molar-refractivity contribution in [1.82, 2.24) is 20.4 Å². The Morgan fingerprint density at radius 2 is 2.39 bits per heavy atom. The highest BCUT2D eigenvalue weighted by Crippen LogP contribution is 2.03. The molecule has 2 aromatic rings. The van der Waals surface area contributed by atoms with Crippen LogP contribution in [0.25, 0.3) is 0 Å². The molecule has 1 N–H and O–H groups in total. The quantitative estimate of drug-likeness (QED) is 0.787. The van der Waals surface area contributed by atoms with Crippen LogP contribution in [0.1, 0.15) is 23.0 Å². The van der Waals surface area contributed by atoms with E-state index in [0.29, 0.717) is 36.9 Å². The molecule has 0 aliphatic rings. The Balaban J connectivity index is 1.80. The smallest absolute Gasteiger partial charge is 0.227 e. The second-order valence-corrected chi connectivity index (χ2v) is 3.79. The third-order valence-electron chi connectivity index (χ3n) is 2.40. The number of nitriles is 1. The molecule has 0 amide bonds. The van der Waals surface area contributed by atoms with Gasteiger partial charge in [-0.2, -0.15) is 10.2 Å². The molecule has 0 unspecified atom stereocenters. The first-order valence-corrected chi connectivity index (χ1v) is 5.63. The lowest BCUT2D eigenvalue weighted by Crippen LogP contribution is -2.17. The Bertz CT molecular complexity index is 558. The summed E-state index contributed by atoms with van der Waals surface area (Å²) in [4.78, 5) is 8.10. The zero-order chi connectivity index (χ0) is 12.8. The van der Waals surface area contributed by atoms with E-state index in [4.69, 9.17) is 9.78 Å². The summed E-state index contributed by atoms with van der Waals surface area (Å²) in [6.45, 7) is 3.10. The number of aromatic nitrogens is 3. The topological polar surface area (TPSA) is 87.6 Å². The van der Waals surface area contributed by atoms with Crippen LogP contribution in [0.4, 0.5) is 0 Å². The van der Waals surface area contributed by atoms with Crippen LogP contribution in [-0.2, 0) is 13.0 Å². The summed E-state index contributed by atoms with van der Waals surface area (Å²) in [5.41, 5.74) is 1.35. The van der Waals surface area contributed by atoms with Crippen molar-refractivity contribution < 1.29 is 4.52 Å². The Kier molecular flexibility index (Phi) is 3.99. The standard InChI is InChI=1S/C12H13N5O/c1-9-16-12(18-17-9)4-6-14-8-10-3-2-5-15-11(10)7-13/h2-3,5,14H,4,6,8H2,1H3. The van der Waals surface area contributed by atoms with E-state index in [1.54, 1.807) is 13.1 Å². The molecule has 6 heteroatoms. The molecule has 0 bridgehead atoms. The highest BCUT2D eigenvalue weighted by atomic mass is 16.5. The SMILES string of the molecule is Cc1noc(CCNCc2cccnc2C#N)n1. The van der Waals surface area contributed by atoms with E-state index in [1.165, 1.54) is 0 Å². The van der Waals surface area contributed by atoms with Crippen LogP contribution in [0.15, 0.2) is 22.9 Å². The van der Waals surface area contributed by atoms with Crippen molar-refractivity contribution >= 4 is 0 Å². The van der Waals surface area contributed by atoms with Gasteiger partial charge < -0.3 is 9.84 Å². The van der Waals surface area contributed by atoms with Gasteiger partial charge in [0.15, 0.2) is 5.82 Å². The molecule has 92 valence electrons. The summed E-state index contributed by atoms with van der Waals surface area (Å²) in [5.74, 6) is 1.26. The lowest BCUT2D eigenvalue weighted by atomic mass is 10.2. The fourth-order valence-electron chi connectivity index (χ4n) is 1.54. The number of nitrogens with one attached hydrogen (secondary N) is 1. The molecule has 0 aliphatic carbocycles. The monoisotopic (exact) mass is 243 g/mol. The predicted octanol–water partition coefficient (Wildman–Crippen LogP) is 0.977. The number of hydrogen-bond donors (Lipinski definition) is 1. The second-order valence-electron chi connectivity index (χ2n) is 3.79. The maximum Gasteiger partial charge on any atom is 0.227 e. The van der Waals surface area contributed by atoms with Crippen LogP contribution in [-0.4, -0.2) is 21.7 Å². The van der Waals surface area contributed by atoms with Crippen molar-refractivity contribution in [2.75, 3.05) is 6.54 Å². The van der Waals surface area contributed by atoms with E-state index in [2.05, 4.69) is 26.5 Å². The molecule has 18 heavy (non-hydrogen) atoms. The van der Waals surface area contributed by atoms with Crippen molar-refractivity contribution in [2.24, 2.45) is 0 Å². The summed E-state index contributed by atoms with van der Waals surface area (Å²) in [7, 11) is 0. The fraction of sp³-hybridized carbons (Fsp3) is 0.333. The molecule has 2 heterocycles. The molecule has 0 saturated heterocycles. The van der Waals surface area contributed by atoms with Crippen LogP contribution in [0.3, 0.4) is 0 Å². The zero-order valence-electron chi connectivity index (χ0n) is 10.1. The van der Waals surface area contributed by atoms with E-state index in [9.17, 15) is 0 Å². The van der Waals surface area contributed by atoms with Crippen molar-refractivity contribution in [3.05, 3.63) is 41.3 Å². The molecular formula is C12H13N5O. The summed E-state index contributed by atoms with van der Waals surface area (Å²) in [5, 5.41) is 15.8. The molecule has 0 atom stereocenters. The molecule has 0 saturated carbocycles. The van der Waals surface area contributed by atoms with Gasteiger partial charge in [0.2, 0.25) is 5.89 Å². The van der Waals surface area contributed by atoms with Gasteiger partial charge >= 0.3 is 0 Å². The lowest BCUT2D eigenvalue weighted by Gasteiger charge is -2.03. The molecule has 0 fully saturated rings. The summed E-state index contributed by atoms with van der Waals surface area (Å²) in [6.07, 6.45) is 2.28. The molecule has 0 aliphatic heterocycles. The zero-order valence-corrected chi connectivity index (χ0v) is 10.1. The van der Waals surface area contributed by atoms with Crippen LogP contribution in [0, 0.1) is 18.3 Å². The third kappa shape index (κ3) is 3.12. The first-order valence-electron chi connectivity index (χ1n) is 5.63. The van der Waals surface area contributed by atoms with Gasteiger partial charge in [0.05, 0.1) is 0 Å². The Hall–Kier alpha value is -2.26. The Labute approximate surface area is 105 Å². The highest BCUT2D eigenvalue weighted by molar-refractivity contribution is 5.30. The maximum absolute atomic E-state index is 8.88. The summed E-state index contributed by atoms with van der Waals surface area (Å²) in [6, 6.07) is 5.77. The molecule has 2 rings (SSSR count). The lowest BCUT2D eigenvalue weighted by molar-refractivity contribution is 0.372. The minimum Gasteiger partial charge on any atom is -0.339 e. The van der Waals surface area contributed by atoms with Gasteiger partial charge in [-0.25, -0.2) is 4.98 Å². The van der Waals surface area contributed by atoms with Crippen LogP contribution >= 0.6 is 0 Å². The van der Waals surface area contributed by atoms with E-state index < -0.39 is 0 Å². The summed E-state index contributed by atoms with van der Waals surface area (Å²) >= 11 is 0. The van der Waals surface area contributed by atoms with Gasteiger partial charge in [-0.15, -0.1) is 0 Å². The van der Waals surface area contributed by atoms with E-state index in [-0.39, 0.29) is 0 Å². The molecule has 6 nitrogen and oxygen atoms in total. The van der Waals surface area contributed by atoms with E-state index in [0.717, 1.165) is 5.56 Å². The van der Waals surface area contributed by atoms with Crippen LogP contribution in [0.5, 0.6) is 0 Å². The van der Waals surface area contributed by atoms with Gasteiger partial charge in [0.25, 0.3) is 0 Å². The van der Waals surface area contributed by atoms with Crippen LogP contribution < -0.4 is 5.32 Å². The largest absolute Gasteiger partial charge is 0.339 e. The van der Waals surface area contributed by atoms with Crippen LogP contribution in [0.2, 0.25) is 0 Å². The van der Waals surface area contributed by atoms with Crippen molar-refractivity contribution in [3.8, 4) is 6.07 Å². The first kappa shape index (κ1) is 12.2. The van der Waals surface area contributed by atoms with Crippen molar-refractivity contribution in [2.45, 2.75) is 19.9 Å². The Morgan fingerprint density at radius 1 is 1.50 bits per heavy atom.